The molecule has 5 amide bonds. The molecule has 4 atom stereocenters. The molecule has 1 aromatic heterocycles. The molecule has 2 saturated heterocycles. The zero-order valence-corrected chi connectivity index (χ0v) is 43.1. The van der Waals surface area contributed by atoms with Crippen molar-refractivity contribution in [1.29, 1.82) is 0 Å². The van der Waals surface area contributed by atoms with Gasteiger partial charge in [0, 0.05) is 50.0 Å². The van der Waals surface area contributed by atoms with Crippen molar-refractivity contribution in [2.24, 2.45) is 11.3 Å². The van der Waals surface area contributed by atoms with Gasteiger partial charge in [-0.25, -0.2) is 4.98 Å². The number of hydrogen-bond acceptors (Lipinski definition) is 9. The number of likely N-dealkylation sites (tertiary alicyclic amines) is 2. The van der Waals surface area contributed by atoms with Crippen LogP contribution in [0.15, 0.2) is 127 Å². The largest absolute Gasteiger partial charge is 0.457 e. The monoisotopic (exact) mass is 1040 g/mol. The van der Waals surface area contributed by atoms with Crippen LogP contribution in [0.3, 0.4) is 0 Å². The summed E-state index contributed by atoms with van der Waals surface area (Å²) in [5, 5.41) is 21.1. The average Bonchev–Trinajstić information content (AvgIpc) is 4.01. The van der Waals surface area contributed by atoms with E-state index in [1.165, 1.54) is 17.0 Å². The van der Waals surface area contributed by atoms with Crippen molar-refractivity contribution in [3.05, 3.63) is 161 Å². The molecule has 0 unspecified atom stereocenters. The minimum atomic E-state index is -4.46. The molecule has 0 saturated carbocycles. The van der Waals surface area contributed by atoms with Crippen LogP contribution in [0, 0.1) is 18.3 Å². The number of amides is 5. The molecule has 392 valence electrons. The normalized spacial score (nSPS) is 17.0. The standard InChI is InChI=1S/C58H61F3N6O7S/c1-6-47(39-13-15-40(16-14-39)52-35(2)63-34-75-52)64-55(72)48-31-44(68)33-67(48)56(73)53(57(3,4)5)65-50(69)28-36-23-25-66(26-24-36)51(70)29-37-9-7-10-38(27-37)32-62-54(71)42-17-22-46-41(30-42)11-8-12-49(46)74-45-20-18-43(19-21-45)58(59,60)61/h6-22,27,30,34,36,44,47-48,53,68H,1,23-26,28-29,31-33H2,2-5H3,(H,62,71)(H,64,72)(H,65,69)/t44-,47+,48+,53-/m1/s1. The molecular weight excluding hydrogens is 982 g/mol. The molecule has 0 spiro atoms. The Balaban J connectivity index is 0.798. The predicted molar refractivity (Wildman–Crippen MR) is 282 cm³/mol. The number of carbonyl (C=O) groups excluding carboxylic acids is 5. The molecule has 75 heavy (non-hydrogen) atoms. The van der Waals surface area contributed by atoms with Gasteiger partial charge >= 0.3 is 6.18 Å². The van der Waals surface area contributed by atoms with Crippen LogP contribution in [0.25, 0.3) is 21.2 Å². The van der Waals surface area contributed by atoms with Gasteiger partial charge in [-0.2, -0.15) is 13.2 Å². The van der Waals surface area contributed by atoms with Gasteiger partial charge in [-0.05, 0) is 107 Å². The maximum atomic E-state index is 14.3. The Morgan fingerprint density at radius 3 is 2.27 bits per heavy atom. The van der Waals surface area contributed by atoms with E-state index in [0.717, 1.165) is 45.0 Å². The third-order valence-electron chi connectivity index (χ3n) is 13.8. The SMILES string of the molecule is C=C[C@H](NC(=O)[C@@H]1C[C@@H](O)CN1C(=O)[C@@H](NC(=O)CC1CCN(C(=O)Cc2cccc(CNC(=O)c3ccc4c(Oc5ccc(C(F)(F)F)cc5)cccc4c3)c2)CC1)C(C)(C)C)c1ccc(-c2scnc2C)cc1. The minimum Gasteiger partial charge on any atom is -0.457 e. The zero-order valence-electron chi connectivity index (χ0n) is 42.3. The molecule has 17 heteroatoms. The second kappa shape index (κ2) is 23.0. The second-order valence-electron chi connectivity index (χ2n) is 20.4. The number of alkyl halides is 3. The van der Waals surface area contributed by atoms with Crippen LogP contribution in [0.2, 0.25) is 0 Å². The number of aromatic nitrogens is 1. The first-order valence-corrected chi connectivity index (χ1v) is 25.8. The van der Waals surface area contributed by atoms with Gasteiger partial charge in [0.25, 0.3) is 5.91 Å². The van der Waals surface area contributed by atoms with E-state index in [1.54, 1.807) is 58.2 Å². The van der Waals surface area contributed by atoms with E-state index in [-0.39, 0.29) is 61.7 Å². The fourth-order valence-electron chi connectivity index (χ4n) is 9.68. The van der Waals surface area contributed by atoms with Crippen LogP contribution in [-0.2, 0) is 38.3 Å². The van der Waals surface area contributed by atoms with Crippen LogP contribution >= 0.6 is 11.3 Å². The van der Waals surface area contributed by atoms with Gasteiger partial charge in [-0.3, -0.25) is 24.0 Å². The molecule has 13 nitrogen and oxygen atoms in total. The molecule has 3 heterocycles. The first-order valence-electron chi connectivity index (χ1n) is 25.0. The third kappa shape index (κ3) is 13.3. The maximum Gasteiger partial charge on any atom is 0.416 e. The predicted octanol–water partition coefficient (Wildman–Crippen LogP) is 9.72. The highest BCUT2D eigenvalue weighted by molar-refractivity contribution is 7.13. The van der Waals surface area contributed by atoms with Crippen molar-refractivity contribution in [3.63, 3.8) is 0 Å². The van der Waals surface area contributed by atoms with E-state index in [9.17, 15) is 42.3 Å². The molecule has 8 rings (SSSR count). The molecule has 4 N–H and O–H groups in total. The van der Waals surface area contributed by atoms with Crippen LogP contribution < -0.4 is 20.7 Å². The first kappa shape index (κ1) is 53.9. The number of β-amino-alcohol motifs (C(OH)–C–C–N with tert-alkyl or cyclic N) is 1. The Labute approximate surface area is 438 Å². The lowest BCUT2D eigenvalue weighted by atomic mass is 9.85. The Morgan fingerprint density at radius 2 is 1.60 bits per heavy atom. The summed E-state index contributed by atoms with van der Waals surface area (Å²) in [5.74, 6) is -0.910. The van der Waals surface area contributed by atoms with Gasteiger partial charge in [0.2, 0.25) is 23.6 Å². The van der Waals surface area contributed by atoms with E-state index in [2.05, 4.69) is 27.5 Å². The topological polar surface area (TPSA) is 170 Å². The summed E-state index contributed by atoms with van der Waals surface area (Å²) in [5.41, 5.74) is 5.04. The lowest BCUT2D eigenvalue weighted by Gasteiger charge is -2.36. The number of carbonyl (C=O) groups is 5. The molecule has 2 fully saturated rings. The summed E-state index contributed by atoms with van der Waals surface area (Å²) < 4.78 is 45.0. The number of aliphatic hydroxyl groups excluding tert-OH is 1. The number of ether oxygens (including phenoxy) is 1. The number of piperidine rings is 1. The summed E-state index contributed by atoms with van der Waals surface area (Å²) in [7, 11) is 0. The average molecular weight is 1040 g/mol. The number of aryl methyl sites for hydroxylation is 1. The van der Waals surface area contributed by atoms with E-state index >= 15 is 0 Å². The molecule has 2 aliphatic heterocycles. The molecule has 2 aliphatic rings. The second-order valence-corrected chi connectivity index (χ2v) is 21.3. The summed E-state index contributed by atoms with van der Waals surface area (Å²) in [4.78, 5) is 77.3. The highest BCUT2D eigenvalue weighted by atomic mass is 32.1. The molecule has 0 aliphatic carbocycles. The molecule has 0 bridgehead atoms. The van der Waals surface area contributed by atoms with E-state index in [0.29, 0.717) is 48.0 Å². The maximum absolute atomic E-state index is 14.3. The number of fused-ring (bicyclic) bond motifs is 1. The molecule has 6 aromatic rings. The number of hydrogen-bond donors (Lipinski definition) is 4. The van der Waals surface area contributed by atoms with Gasteiger partial charge in [0.05, 0.1) is 40.2 Å². The van der Waals surface area contributed by atoms with Crippen LogP contribution in [0.5, 0.6) is 11.5 Å². The van der Waals surface area contributed by atoms with Gasteiger partial charge in [0.15, 0.2) is 0 Å². The number of aliphatic hydroxyl groups is 1. The number of nitrogens with one attached hydrogen (secondary N) is 3. The van der Waals surface area contributed by atoms with Crippen molar-refractivity contribution in [2.45, 2.75) is 96.7 Å². The Morgan fingerprint density at radius 1 is 0.893 bits per heavy atom. The molecular formula is C58H61F3N6O7S. The van der Waals surface area contributed by atoms with Crippen LogP contribution in [0.1, 0.15) is 90.8 Å². The minimum absolute atomic E-state index is 0.0227. The van der Waals surface area contributed by atoms with Gasteiger partial charge in [-0.1, -0.05) is 87.5 Å². The van der Waals surface area contributed by atoms with Crippen molar-refractivity contribution >= 4 is 51.6 Å². The fourth-order valence-corrected chi connectivity index (χ4v) is 10.5. The van der Waals surface area contributed by atoms with Crippen LogP contribution in [0.4, 0.5) is 13.2 Å². The van der Waals surface area contributed by atoms with Gasteiger partial charge in [-0.15, -0.1) is 17.9 Å². The number of nitrogens with zero attached hydrogens (tertiary/aromatic N) is 3. The summed E-state index contributed by atoms with van der Waals surface area (Å²) in [6.07, 6.45) is -2.20. The highest BCUT2D eigenvalue weighted by Gasteiger charge is 2.45. The molecule has 5 aromatic carbocycles. The Kier molecular flexibility index (Phi) is 16.6. The molecule has 0 radical (unpaired) electrons. The quantitative estimate of drug-likeness (QED) is 0.0695. The van der Waals surface area contributed by atoms with E-state index in [4.69, 9.17) is 4.74 Å². The van der Waals surface area contributed by atoms with Crippen molar-refractivity contribution < 1.29 is 47.0 Å². The lowest BCUT2D eigenvalue weighted by Crippen LogP contribution is -2.58. The number of thiazole rings is 1. The van der Waals surface area contributed by atoms with Crippen LogP contribution in [-0.4, -0.2) is 87.2 Å². The first-order chi connectivity index (χ1) is 35.7. The van der Waals surface area contributed by atoms with Crippen molar-refractivity contribution in [1.82, 2.24) is 30.7 Å². The Hall–Kier alpha value is -7.37. The number of halogens is 3. The third-order valence-corrected chi connectivity index (χ3v) is 14.8. The Bertz CT molecular complexity index is 3060. The zero-order chi connectivity index (χ0) is 53.6. The fraction of sp³-hybridized carbons (Fsp3) is 0.345. The van der Waals surface area contributed by atoms with Crippen molar-refractivity contribution in [3.8, 4) is 21.9 Å². The summed E-state index contributed by atoms with van der Waals surface area (Å²) in [6.45, 7) is 12.5. The lowest BCUT2D eigenvalue weighted by molar-refractivity contribution is -0.144. The summed E-state index contributed by atoms with van der Waals surface area (Å²) in [6, 6.07) is 27.5. The number of benzene rings is 5. The van der Waals surface area contributed by atoms with Gasteiger partial charge in [0.1, 0.15) is 23.6 Å². The smallest absolute Gasteiger partial charge is 0.416 e. The van der Waals surface area contributed by atoms with Crippen molar-refractivity contribution in [2.75, 3.05) is 19.6 Å². The van der Waals surface area contributed by atoms with E-state index < -0.39 is 53.2 Å². The van der Waals surface area contributed by atoms with E-state index in [1.807, 2.05) is 82.3 Å². The summed E-state index contributed by atoms with van der Waals surface area (Å²) >= 11 is 1.55. The highest BCUT2D eigenvalue weighted by Crippen LogP contribution is 2.35. The van der Waals surface area contributed by atoms with Gasteiger partial charge < -0.3 is 35.6 Å². The number of rotatable bonds is 16.